The molecule has 0 fully saturated rings. The van der Waals surface area contributed by atoms with Gasteiger partial charge in [-0.05, 0) is 32.9 Å². The maximum Gasteiger partial charge on any atom is 0.373 e. The highest BCUT2D eigenvalue weighted by molar-refractivity contribution is 5.62. The van der Waals surface area contributed by atoms with Crippen molar-refractivity contribution >= 4 is 11.5 Å². The topological polar surface area (TPSA) is 90.2 Å². The summed E-state index contributed by atoms with van der Waals surface area (Å²) >= 11 is 0. The first-order chi connectivity index (χ1) is 9.87. The van der Waals surface area contributed by atoms with Crippen molar-refractivity contribution in [2.24, 2.45) is 0 Å². The predicted molar refractivity (Wildman–Crippen MR) is 78.6 cm³/mol. The van der Waals surface area contributed by atoms with Gasteiger partial charge in [-0.15, -0.1) is 0 Å². The van der Waals surface area contributed by atoms with Gasteiger partial charge >= 0.3 is 11.6 Å². The van der Waals surface area contributed by atoms with Gasteiger partial charge in [-0.3, -0.25) is 10.1 Å². The van der Waals surface area contributed by atoms with Crippen LogP contribution in [0.25, 0.3) is 0 Å². The van der Waals surface area contributed by atoms with Gasteiger partial charge in [0, 0.05) is 5.54 Å². The molecule has 21 heavy (non-hydrogen) atoms. The van der Waals surface area contributed by atoms with E-state index in [2.05, 4.69) is 15.3 Å². The lowest BCUT2D eigenvalue weighted by molar-refractivity contribution is -0.385. The minimum atomic E-state index is -0.549. The molecule has 0 aliphatic carbocycles. The Kier molecular flexibility index (Phi) is 4.02. The Morgan fingerprint density at radius 2 is 1.86 bits per heavy atom. The second-order valence-electron chi connectivity index (χ2n) is 5.42. The van der Waals surface area contributed by atoms with Crippen LogP contribution in [-0.4, -0.2) is 20.4 Å². The summed E-state index contributed by atoms with van der Waals surface area (Å²) in [5, 5.41) is 14.3. The highest BCUT2D eigenvalue weighted by atomic mass is 16.6. The molecule has 0 saturated carbocycles. The highest BCUT2D eigenvalue weighted by Gasteiger charge is 2.27. The molecule has 1 N–H and O–H groups in total. The van der Waals surface area contributed by atoms with E-state index in [1.807, 2.05) is 26.8 Å². The number of anilines is 1. The first-order valence-corrected chi connectivity index (χ1v) is 6.37. The zero-order chi connectivity index (χ0) is 15.5. The van der Waals surface area contributed by atoms with Crippen molar-refractivity contribution < 1.29 is 9.66 Å². The molecular weight excluding hydrogens is 272 g/mol. The zero-order valence-electron chi connectivity index (χ0n) is 12.0. The van der Waals surface area contributed by atoms with Crippen LogP contribution < -0.4 is 10.1 Å². The Morgan fingerprint density at radius 1 is 1.19 bits per heavy atom. The number of rotatable bonds is 4. The number of ether oxygens (including phenoxy) is 1. The number of hydrogen-bond donors (Lipinski definition) is 1. The zero-order valence-corrected chi connectivity index (χ0v) is 12.0. The van der Waals surface area contributed by atoms with Crippen molar-refractivity contribution in [3.05, 3.63) is 46.8 Å². The lowest BCUT2D eigenvalue weighted by atomic mass is 10.1. The smallest absolute Gasteiger partial charge is 0.373 e. The minimum absolute atomic E-state index is 0.0899. The van der Waals surface area contributed by atoms with E-state index in [-0.39, 0.29) is 22.9 Å². The lowest BCUT2D eigenvalue weighted by Gasteiger charge is -2.21. The Labute approximate surface area is 122 Å². The largest absolute Gasteiger partial charge is 0.434 e. The maximum atomic E-state index is 11.3. The van der Waals surface area contributed by atoms with Crippen molar-refractivity contribution in [3.63, 3.8) is 0 Å². The molecule has 0 radical (unpaired) electrons. The van der Waals surface area contributed by atoms with E-state index in [4.69, 9.17) is 4.74 Å². The Bertz CT molecular complexity index is 638. The first-order valence-electron chi connectivity index (χ1n) is 6.37. The Hall–Kier alpha value is -2.70. The molecule has 110 valence electrons. The average molecular weight is 288 g/mol. The van der Waals surface area contributed by atoms with Crippen molar-refractivity contribution in [3.8, 4) is 11.6 Å². The number of benzene rings is 1. The summed E-state index contributed by atoms with van der Waals surface area (Å²) in [5.74, 6) is 0.516. The molecule has 7 heteroatoms. The third-order valence-corrected chi connectivity index (χ3v) is 2.42. The molecule has 7 nitrogen and oxygen atoms in total. The van der Waals surface area contributed by atoms with Gasteiger partial charge in [0.05, 0.1) is 4.92 Å². The van der Waals surface area contributed by atoms with Gasteiger partial charge in [0.1, 0.15) is 12.1 Å². The summed E-state index contributed by atoms with van der Waals surface area (Å²) < 4.78 is 5.49. The van der Waals surface area contributed by atoms with Gasteiger partial charge in [0.25, 0.3) is 0 Å². The van der Waals surface area contributed by atoms with Crippen LogP contribution in [0.3, 0.4) is 0 Å². The van der Waals surface area contributed by atoms with Gasteiger partial charge in [-0.1, -0.05) is 18.2 Å². The predicted octanol–water partition coefficient (Wildman–Crippen LogP) is 3.39. The van der Waals surface area contributed by atoms with E-state index >= 15 is 0 Å². The molecule has 2 rings (SSSR count). The second kappa shape index (κ2) is 5.74. The fourth-order valence-electron chi connectivity index (χ4n) is 1.65. The van der Waals surface area contributed by atoms with Crippen LogP contribution in [0.4, 0.5) is 11.5 Å². The maximum absolute atomic E-state index is 11.3. The van der Waals surface area contributed by atoms with Crippen LogP contribution >= 0.6 is 0 Å². The summed E-state index contributed by atoms with van der Waals surface area (Å²) in [7, 11) is 0. The number of nitro groups is 1. The van der Waals surface area contributed by atoms with Gasteiger partial charge in [-0.25, -0.2) is 4.98 Å². The Morgan fingerprint density at radius 3 is 2.43 bits per heavy atom. The van der Waals surface area contributed by atoms with Crippen LogP contribution in [0, 0.1) is 10.1 Å². The molecule has 0 bridgehead atoms. The number of hydrogen-bond acceptors (Lipinski definition) is 6. The van der Waals surface area contributed by atoms with Crippen molar-refractivity contribution in [2.45, 2.75) is 26.3 Å². The van der Waals surface area contributed by atoms with Crippen LogP contribution in [0.5, 0.6) is 11.6 Å². The molecule has 0 amide bonds. The monoisotopic (exact) mass is 288 g/mol. The Balaban J connectivity index is 2.41. The van der Waals surface area contributed by atoms with E-state index in [1.165, 1.54) is 6.33 Å². The fraction of sp³-hybridized carbons (Fsp3) is 0.286. The number of nitrogens with zero attached hydrogens (tertiary/aromatic N) is 3. The summed E-state index contributed by atoms with van der Waals surface area (Å²) in [4.78, 5) is 18.6. The van der Waals surface area contributed by atoms with Crippen LogP contribution in [-0.2, 0) is 0 Å². The normalized spacial score (nSPS) is 11.0. The number of nitrogens with one attached hydrogen (secondary N) is 1. The lowest BCUT2D eigenvalue weighted by Crippen LogP contribution is -2.27. The van der Waals surface area contributed by atoms with Crippen molar-refractivity contribution in [2.75, 3.05) is 5.32 Å². The average Bonchev–Trinajstić information content (AvgIpc) is 2.37. The SMILES string of the molecule is CC(C)(C)Nc1ncnc(Oc2ccccc2)c1[N+](=O)[O-]. The minimum Gasteiger partial charge on any atom is -0.434 e. The molecule has 2 aromatic rings. The van der Waals surface area contributed by atoms with Crippen molar-refractivity contribution in [1.82, 2.24) is 9.97 Å². The quantitative estimate of drug-likeness (QED) is 0.685. The van der Waals surface area contributed by atoms with Crippen LogP contribution in [0.15, 0.2) is 36.7 Å². The van der Waals surface area contributed by atoms with E-state index in [0.717, 1.165) is 0 Å². The van der Waals surface area contributed by atoms with E-state index in [0.29, 0.717) is 5.75 Å². The molecule has 0 spiro atoms. The molecule has 0 atom stereocenters. The summed E-state index contributed by atoms with van der Waals surface area (Å²) in [6.45, 7) is 5.66. The highest BCUT2D eigenvalue weighted by Crippen LogP contribution is 2.34. The molecule has 0 aliphatic rings. The number of aromatic nitrogens is 2. The van der Waals surface area contributed by atoms with E-state index in [1.54, 1.807) is 24.3 Å². The van der Waals surface area contributed by atoms with Gasteiger partial charge < -0.3 is 10.1 Å². The third kappa shape index (κ3) is 3.88. The van der Waals surface area contributed by atoms with E-state index in [9.17, 15) is 10.1 Å². The van der Waals surface area contributed by atoms with Gasteiger partial charge in [-0.2, -0.15) is 4.98 Å². The second-order valence-corrected chi connectivity index (χ2v) is 5.42. The molecule has 0 unspecified atom stereocenters. The van der Waals surface area contributed by atoms with Crippen molar-refractivity contribution in [1.29, 1.82) is 0 Å². The number of para-hydroxylation sites is 1. The van der Waals surface area contributed by atoms with Gasteiger partial charge in [0.15, 0.2) is 0 Å². The summed E-state index contributed by atoms with van der Waals surface area (Å²) in [6.07, 6.45) is 1.24. The van der Waals surface area contributed by atoms with Crippen LogP contribution in [0.2, 0.25) is 0 Å². The molecule has 0 saturated heterocycles. The summed E-state index contributed by atoms with van der Waals surface area (Å²) in [6, 6.07) is 8.77. The molecule has 0 aliphatic heterocycles. The first kappa shape index (κ1) is 14.7. The fourth-order valence-corrected chi connectivity index (χ4v) is 1.65. The summed E-state index contributed by atoms with van der Waals surface area (Å²) in [5.41, 5.74) is -0.653. The molecular formula is C14H16N4O3. The standard InChI is InChI=1S/C14H16N4O3/c1-14(2,3)17-12-11(18(19)20)13(16-9-15-12)21-10-7-5-4-6-8-10/h4-9H,1-3H3,(H,15,16,17). The van der Waals surface area contributed by atoms with Crippen LogP contribution in [0.1, 0.15) is 20.8 Å². The molecule has 1 aromatic heterocycles. The van der Waals surface area contributed by atoms with Gasteiger partial charge in [0.2, 0.25) is 5.82 Å². The molecule has 1 aromatic carbocycles. The third-order valence-electron chi connectivity index (χ3n) is 2.42. The van der Waals surface area contributed by atoms with E-state index < -0.39 is 4.92 Å². The molecule has 1 heterocycles.